The average molecular weight is 347 g/mol. The molecule has 2 heterocycles. The Morgan fingerprint density at radius 2 is 1.77 bits per heavy atom. The minimum absolute atomic E-state index is 0.271. The maximum Gasteiger partial charge on any atom is 0.186 e. The van der Waals surface area contributed by atoms with Gasteiger partial charge in [-0.15, -0.1) is 5.10 Å². The van der Waals surface area contributed by atoms with Gasteiger partial charge in [-0.3, -0.25) is 0 Å². The predicted molar refractivity (Wildman–Crippen MR) is 99.6 cm³/mol. The summed E-state index contributed by atoms with van der Waals surface area (Å²) in [4.78, 5) is 4.86. The Hall–Kier alpha value is -3.02. The van der Waals surface area contributed by atoms with Crippen LogP contribution in [0, 0.1) is 5.82 Å². The van der Waals surface area contributed by atoms with Crippen molar-refractivity contribution in [1.29, 1.82) is 0 Å². The zero-order chi connectivity index (χ0) is 17.5. The molecule has 1 N–H and O–H groups in total. The molecule has 4 aromatic rings. The summed E-state index contributed by atoms with van der Waals surface area (Å²) in [6.07, 6.45) is 4.85. The smallest absolute Gasteiger partial charge is 0.186 e. The van der Waals surface area contributed by atoms with Gasteiger partial charge < -0.3 is 5.32 Å². The number of hydrogen-bond donors (Lipinski definition) is 1. The summed E-state index contributed by atoms with van der Waals surface area (Å²) >= 11 is 0. The van der Waals surface area contributed by atoms with Gasteiger partial charge in [-0.1, -0.05) is 30.2 Å². The summed E-state index contributed by atoms with van der Waals surface area (Å²) in [5.41, 5.74) is 3.09. The van der Waals surface area contributed by atoms with Crippen LogP contribution in [0.5, 0.6) is 0 Å². The van der Waals surface area contributed by atoms with E-state index < -0.39 is 0 Å². The van der Waals surface area contributed by atoms with Crippen molar-refractivity contribution in [2.45, 2.75) is 31.7 Å². The summed E-state index contributed by atoms with van der Waals surface area (Å²) in [5, 5.41) is 13.3. The normalized spacial score (nSPS) is 15.1. The lowest BCUT2D eigenvalue weighted by Gasteiger charge is -2.15. The number of hydrogen-bond acceptors (Lipinski definition) is 4. The Morgan fingerprint density at radius 3 is 2.58 bits per heavy atom. The molecule has 0 bridgehead atoms. The first kappa shape index (κ1) is 15.3. The van der Waals surface area contributed by atoms with Gasteiger partial charge in [0.2, 0.25) is 0 Å². The maximum atomic E-state index is 13.3. The molecule has 0 aliphatic heterocycles. The number of rotatable bonds is 3. The molecule has 130 valence electrons. The van der Waals surface area contributed by atoms with E-state index in [1.54, 1.807) is 16.6 Å². The summed E-state index contributed by atoms with van der Waals surface area (Å²) in [5.74, 6) is 0.595. The van der Waals surface area contributed by atoms with Crippen LogP contribution in [-0.4, -0.2) is 25.9 Å². The molecule has 2 aromatic carbocycles. The Bertz CT molecular complexity index is 1080. The Balaban J connectivity index is 1.71. The molecule has 6 heteroatoms. The standard InChI is InChI=1S/C20H18FN5/c21-14-11-9-13(10-12-14)18-20-23-19(22-15-5-1-2-6-15)16-7-3-4-8-17(16)26(20)25-24-18/h3-4,7-12,15H,1-2,5-6H2,(H,22,23). The molecule has 2 aromatic heterocycles. The molecule has 5 nitrogen and oxygen atoms in total. The number of nitrogens with zero attached hydrogens (tertiary/aromatic N) is 4. The van der Waals surface area contributed by atoms with Gasteiger partial charge in [-0.25, -0.2) is 9.37 Å². The quantitative estimate of drug-likeness (QED) is 0.595. The van der Waals surface area contributed by atoms with Crippen LogP contribution >= 0.6 is 0 Å². The zero-order valence-corrected chi connectivity index (χ0v) is 14.2. The van der Waals surface area contributed by atoms with E-state index in [1.807, 2.05) is 18.2 Å². The van der Waals surface area contributed by atoms with Crippen molar-refractivity contribution in [3.8, 4) is 11.3 Å². The summed E-state index contributed by atoms with van der Waals surface area (Å²) < 4.78 is 15.0. The van der Waals surface area contributed by atoms with Gasteiger partial charge in [0.05, 0.1) is 5.52 Å². The molecule has 0 amide bonds. The van der Waals surface area contributed by atoms with Crippen LogP contribution in [0.1, 0.15) is 25.7 Å². The number of para-hydroxylation sites is 1. The predicted octanol–water partition coefficient (Wildman–Crippen LogP) is 4.44. The first-order valence-corrected chi connectivity index (χ1v) is 8.96. The van der Waals surface area contributed by atoms with Crippen LogP contribution in [0.3, 0.4) is 0 Å². The topological polar surface area (TPSA) is 55.1 Å². The maximum absolute atomic E-state index is 13.3. The first-order valence-electron chi connectivity index (χ1n) is 8.96. The number of nitrogens with one attached hydrogen (secondary N) is 1. The van der Waals surface area contributed by atoms with Gasteiger partial charge in [0.25, 0.3) is 0 Å². The molecular weight excluding hydrogens is 329 g/mol. The lowest BCUT2D eigenvalue weighted by atomic mass is 10.1. The second-order valence-corrected chi connectivity index (χ2v) is 6.78. The number of benzene rings is 2. The largest absolute Gasteiger partial charge is 0.367 e. The molecule has 0 radical (unpaired) electrons. The van der Waals surface area contributed by atoms with E-state index in [-0.39, 0.29) is 5.82 Å². The lowest BCUT2D eigenvalue weighted by Crippen LogP contribution is -2.16. The minimum atomic E-state index is -0.271. The van der Waals surface area contributed by atoms with E-state index in [9.17, 15) is 4.39 Å². The number of fused-ring (bicyclic) bond motifs is 3. The van der Waals surface area contributed by atoms with Crippen molar-refractivity contribution < 1.29 is 4.39 Å². The van der Waals surface area contributed by atoms with E-state index >= 15 is 0 Å². The Morgan fingerprint density at radius 1 is 1.00 bits per heavy atom. The average Bonchev–Trinajstić information content (AvgIpc) is 3.32. The highest BCUT2D eigenvalue weighted by Gasteiger charge is 2.19. The van der Waals surface area contributed by atoms with Crippen molar-refractivity contribution in [3.05, 3.63) is 54.3 Å². The minimum Gasteiger partial charge on any atom is -0.367 e. The van der Waals surface area contributed by atoms with E-state index in [4.69, 9.17) is 4.98 Å². The van der Waals surface area contributed by atoms with Gasteiger partial charge in [-0.05, 0) is 49.2 Å². The van der Waals surface area contributed by atoms with Crippen molar-refractivity contribution in [2.24, 2.45) is 0 Å². The molecule has 26 heavy (non-hydrogen) atoms. The van der Waals surface area contributed by atoms with Gasteiger partial charge in [-0.2, -0.15) is 4.52 Å². The lowest BCUT2D eigenvalue weighted by molar-refractivity contribution is 0.628. The van der Waals surface area contributed by atoms with Crippen LogP contribution in [0.4, 0.5) is 10.2 Å². The van der Waals surface area contributed by atoms with Crippen molar-refractivity contribution in [2.75, 3.05) is 5.32 Å². The van der Waals surface area contributed by atoms with Crippen LogP contribution in [-0.2, 0) is 0 Å². The fraction of sp³-hybridized carbons (Fsp3) is 0.250. The van der Waals surface area contributed by atoms with Crippen LogP contribution < -0.4 is 5.32 Å². The fourth-order valence-electron chi connectivity index (χ4n) is 3.73. The molecule has 0 saturated heterocycles. The second kappa shape index (κ2) is 6.05. The highest BCUT2D eigenvalue weighted by Crippen LogP contribution is 2.30. The highest BCUT2D eigenvalue weighted by atomic mass is 19.1. The van der Waals surface area contributed by atoms with E-state index in [2.05, 4.69) is 21.7 Å². The van der Waals surface area contributed by atoms with Gasteiger partial charge >= 0.3 is 0 Å². The number of aromatic nitrogens is 4. The fourth-order valence-corrected chi connectivity index (χ4v) is 3.73. The molecule has 5 rings (SSSR count). The summed E-state index contributed by atoms with van der Waals surface area (Å²) in [6, 6.07) is 14.8. The molecular formula is C20H18FN5. The van der Waals surface area contributed by atoms with E-state index in [0.717, 1.165) is 22.3 Å². The van der Waals surface area contributed by atoms with Crippen LogP contribution in [0.15, 0.2) is 48.5 Å². The van der Waals surface area contributed by atoms with Gasteiger partial charge in [0.1, 0.15) is 17.3 Å². The molecule has 1 aliphatic carbocycles. The third-order valence-corrected chi connectivity index (χ3v) is 5.07. The van der Waals surface area contributed by atoms with Gasteiger partial charge in [0.15, 0.2) is 5.65 Å². The van der Waals surface area contributed by atoms with Crippen molar-refractivity contribution >= 4 is 22.4 Å². The first-order chi connectivity index (χ1) is 12.8. The summed E-state index contributed by atoms with van der Waals surface area (Å²) in [6.45, 7) is 0. The van der Waals surface area contributed by atoms with E-state index in [1.165, 1.54) is 37.8 Å². The second-order valence-electron chi connectivity index (χ2n) is 6.78. The third kappa shape index (κ3) is 2.49. The molecule has 0 spiro atoms. The molecule has 0 atom stereocenters. The molecule has 1 fully saturated rings. The molecule has 0 unspecified atom stereocenters. The monoisotopic (exact) mass is 347 g/mol. The van der Waals surface area contributed by atoms with Gasteiger partial charge in [0, 0.05) is 17.0 Å². The Kier molecular flexibility index (Phi) is 3.55. The number of anilines is 1. The van der Waals surface area contributed by atoms with E-state index in [0.29, 0.717) is 17.4 Å². The van der Waals surface area contributed by atoms with Crippen LogP contribution in [0.2, 0.25) is 0 Å². The molecule has 1 aliphatic rings. The third-order valence-electron chi connectivity index (χ3n) is 5.07. The zero-order valence-electron chi connectivity index (χ0n) is 14.2. The highest BCUT2D eigenvalue weighted by molar-refractivity contribution is 5.93. The number of halogens is 1. The SMILES string of the molecule is Fc1ccc(-c2nnn3c2nc(NC2CCCC2)c2ccccc23)cc1. The Labute approximate surface area is 149 Å². The summed E-state index contributed by atoms with van der Waals surface area (Å²) in [7, 11) is 0. The molecule has 1 saturated carbocycles. The van der Waals surface area contributed by atoms with Crippen molar-refractivity contribution in [1.82, 2.24) is 19.8 Å². The van der Waals surface area contributed by atoms with Crippen molar-refractivity contribution in [3.63, 3.8) is 0 Å². The van der Waals surface area contributed by atoms with Crippen LogP contribution in [0.25, 0.3) is 27.8 Å².